The Balaban J connectivity index is 1.66. The van der Waals surface area contributed by atoms with Crippen LogP contribution in [0.15, 0.2) is 61.1 Å². The second-order valence-electron chi connectivity index (χ2n) is 8.22. The molecule has 1 aromatic carbocycles. The van der Waals surface area contributed by atoms with E-state index in [1.807, 2.05) is 31.2 Å². The van der Waals surface area contributed by atoms with Crippen molar-refractivity contribution < 1.29 is 14.4 Å². The first-order valence-electron chi connectivity index (χ1n) is 10.4. The van der Waals surface area contributed by atoms with E-state index in [9.17, 15) is 14.4 Å². The van der Waals surface area contributed by atoms with E-state index in [4.69, 9.17) is 0 Å². The van der Waals surface area contributed by atoms with Gasteiger partial charge in [-0.2, -0.15) is 5.10 Å². The number of H-pyrrole nitrogens is 1. The largest absolute Gasteiger partial charge is 0.340 e. The van der Waals surface area contributed by atoms with Gasteiger partial charge in [0, 0.05) is 38.5 Å². The minimum Gasteiger partial charge on any atom is -0.340 e. The average Bonchev–Trinajstić information content (AvgIpc) is 3.37. The second kappa shape index (κ2) is 8.74. The van der Waals surface area contributed by atoms with Crippen LogP contribution in [0, 0.1) is 6.92 Å². The molecule has 164 valence electrons. The van der Waals surface area contributed by atoms with Crippen molar-refractivity contribution in [2.75, 3.05) is 7.05 Å². The molecule has 8 heteroatoms. The Morgan fingerprint density at radius 3 is 2.56 bits per heavy atom. The summed E-state index contributed by atoms with van der Waals surface area (Å²) in [5.74, 6) is -0.828. The fourth-order valence-corrected chi connectivity index (χ4v) is 4.29. The molecule has 1 atom stereocenters. The molecule has 1 N–H and O–H groups in total. The van der Waals surface area contributed by atoms with E-state index in [0.29, 0.717) is 6.54 Å². The molecule has 0 radical (unpaired) electrons. The highest BCUT2D eigenvalue weighted by Crippen LogP contribution is 2.42. The number of benzene rings is 1. The maximum Gasteiger partial charge on any atom is 0.241 e. The molecule has 0 spiro atoms. The number of hydrogen-bond donors (Lipinski definition) is 1. The number of carbonyl (C=O) groups is 3. The van der Waals surface area contributed by atoms with Gasteiger partial charge in [-0.05, 0) is 41.8 Å². The SMILES string of the molecule is Cc1ccccc1[C@]1(CC(=O)N(C)Cc2ccn[nH]2)CC(=O)N(Cc2ccncc2)C1=O. The smallest absolute Gasteiger partial charge is 0.241 e. The number of amides is 3. The number of likely N-dealkylation sites (tertiary alicyclic amines) is 1. The van der Waals surface area contributed by atoms with Crippen molar-refractivity contribution in [3.63, 3.8) is 0 Å². The Morgan fingerprint density at radius 2 is 1.88 bits per heavy atom. The van der Waals surface area contributed by atoms with Crippen LogP contribution in [0.4, 0.5) is 0 Å². The fourth-order valence-electron chi connectivity index (χ4n) is 4.29. The fraction of sp³-hybridized carbons (Fsp3) is 0.292. The highest BCUT2D eigenvalue weighted by atomic mass is 16.2. The van der Waals surface area contributed by atoms with Gasteiger partial charge in [0.15, 0.2) is 0 Å². The number of rotatable bonds is 7. The molecule has 3 amide bonds. The van der Waals surface area contributed by atoms with E-state index in [1.165, 1.54) is 4.90 Å². The van der Waals surface area contributed by atoms with Gasteiger partial charge in [0.1, 0.15) is 0 Å². The summed E-state index contributed by atoms with van der Waals surface area (Å²) < 4.78 is 0. The number of carbonyl (C=O) groups excluding carboxylic acids is 3. The van der Waals surface area contributed by atoms with Gasteiger partial charge in [-0.1, -0.05) is 24.3 Å². The van der Waals surface area contributed by atoms with Crippen molar-refractivity contribution >= 4 is 17.7 Å². The summed E-state index contributed by atoms with van der Waals surface area (Å²) in [6, 6.07) is 12.8. The van der Waals surface area contributed by atoms with E-state index in [1.54, 1.807) is 48.7 Å². The number of nitrogens with zero attached hydrogens (tertiary/aromatic N) is 4. The van der Waals surface area contributed by atoms with E-state index in [2.05, 4.69) is 15.2 Å². The third kappa shape index (κ3) is 4.03. The van der Waals surface area contributed by atoms with Gasteiger partial charge >= 0.3 is 0 Å². The van der Waals surface area contributed by atoms with Gasteiger partial charge in [-0.3, -0.25) is 29.4 Å². The number of pyridine rings is 1. The normalized spacial score (nSPS) is 18.2. The Bertz CT molecular complexity index is 1130. The van der Waals surface area contributed by atoms with Gasteiger partial charge in [0.05, 0.1) is 24.2 Å². The highest BCUT2D eigenvalue weighted by Gasteiger charge is 2.54. The number of aromatic amines is 1. The molecule has 1 saturated heterocycles. The molecule has 0 bridgehead atoms. The molecule has 8 nitrogen and oxygen atoms in total. The van der Waals surface area contributed by atoms with Crippen LogP contribution in [0.3, 0.4) is 0 Å². The lowest BCUT2D eigenvalue weighted by Gasteiger charge is -2.30. The third-order valence-corrected chi connectivity index (χ3v) is 6.00. The van der Waals surface area contributed by atoms with Crippen LogP contribution in [0.1, 0.15) is 35.2 Å². The number of aromatic nitrogens is 3. The molecule has 32 heavy (non-hydrogen) atoms. The van der Waals surface area contributed by atoms with Crippen molar-refractivity contribution in [3.05, 3.63) is 83.4 Å². The zero-order valence-corrected chi connectivity index (χ0v) is 18.1. The maximum absolute atomic E-state index is 13.8. The van der Waals surface area contributed by atoms with Gasteiger partial charge in [-0.15, -0.1) is 0 Å². The Labute approximate surface area is 186 Å². The van der Waals surface area contributed by atoms with Gasteiger partial charge in [-0.25, -0.2) is 0 Å². The van der Waals surface area contributed by atoms with Gasteiger partial charge in [0.25, 0.3) is 0 Å². The molecule has 1 aliphatic heterocycles. The average molecular weight is 431 g/mol. The van der Waals surface area contributed by atoms with Crippen molar-refractivity contribution in [2.45, 2.75) is 38.3 Å². The second-order valence-corrected chi connectivity index (χ2v) is 8.22. The molecule has 0 saturated carbocycles. The van der Waals surface area contributed by atoms with Crippen LogP contribution >= 0.6 is 0 Å². The van der Waals surface area contributed by atoms with Crippen LogP contribution in [0.5, 0.6) is 0 Å². The minimum atomic E-state index is -1.23. The topological polar surface area (TPSA) is 99.3 Å². The van der Waals surface area contributed by atoms with E-state index >= 15 is 0 Å². The molecule has 1 fully saturated rings. The Morgan fingerprint density at radius 1 is 1.12 bits per heavy atom. The van der Waals surface area contributed by atoms with Crippen LogP contribution in [0.2, 0.25) is 0 Å². The zero-order valence-electron chi connectivity index (χ0n) is 18.1. The zero-order chi connectivity index (χ0) is 22.7. The highest BCUT2D eigenvalue weighted by molar-refractivity contribution is 6.10. The molecule has 3 aromatic rings. The molecule has 1 aliphatic rings. The first kappa shape index (κ1) is 21.4. The number of imide groups is 1. The van der Waals surface area contributed by atoms with Crippen LogP contribution in [-0.4, -0.2) is 49.8 Å². The van der Waals surface area contributed by atoms with E-state index in [-0.39, 0.29) is 37.1 Å². The minimum absolute atomic E-state index is 0.0363. The molecule has 2 aromatic heterocycles. The first-order valence-corrected chi connectivity index (χ1v) is 10.4. The monoisotopic (exact) mass is 431 g/mol. The quantitative estimate of drug-likeness (QED) is 0.579. The van der Waals surface area contributed by atoms with E-state index < -0.39 is 5.41 Å². The standard InChI is InChI=1S/C24H25N5O3/c1-17-5-3-4-6-20(17)24(13-21(30)28(2)16-19-9-12-26-27-19)14-22(31)29(23(24)32)15-18-7-10-25-11-8-18/h3-12H,13-16H2,1-2H3,(H,26,27)/t24-/m0/s1. The van der Waals surface area contributed by atoms with Crippen molar-refractivity contribution in [3.8, 4) is 0 Å². The summed E-state index contributed by atoms with van der Waals surface area (Å²) in [7, 11) is 1.69. The van der Waals surface area contributed by atoms with Crippen molar-refractivity contribution in [2.24, 2.45) is 0 Å². The number of aryl methyl sites for hydroxylation is 1. The lowest BCUT2D eigenvalue weighted by molar-refractivity contribution is -0.143. The molecular formula is C24H25N5O3. The van der Waals surface area contributed by atoms with Crippen LogP contribution in [-0.2, 0) is 32.9 Å². The Kier molecular flexibility index (Phi) is 5.85. The predicted molar refractivity (Wildman–Crippen MR) is 117 cm³/mol. The van der Waals surface area contributed by atoms with E-state index in [0.717, 1.165) is 22.4 Å². The molecule has 3 heterocycles. The van der Waals surface area contributed by atoms with Crippen LogP contribution in [0.25, 0.3) is 0 Å². The lowest BCUT2D eigenvalue weighted by Crippen LogP contribution is -2.42. The molecule has 4 rings (SSSR count). The third-order valence-electron chi connectivity index (χ3n) is 6.00. The summed E-state index contributed by atoms with van der Waals surface area (Å²) in [4.78, 5) is 46.9. The van der Waals surface area contributed by atoms with Crippen molar-refractivity contribution in [1.82, 2.24) is 25.0 Å². The predicted octanol–water partition coefficient (Wildman–Crippen LogP) is 2.36. The van der Waals surface area contributed by atoms with Crippen LogP contribution < -0.4 is 0 Å². The first-order chi connectivity index (χ1) is 15.4. The lowest BCUT2D eigenvalue weighted by atomic mass is 9.74. The molecule has 0 aliphatic carbocycles. The molecule has 0 unspecified atom stereocenters. The summed E-state index contributed by atoms with van der Waals surface area (Å²) in [5, 5.41) is 6.75. The maximum atomic E-state index is 13.8. The summed E-state index contributed by atoms with van der Waals surface area (Å²) in [6.45, 7) is 2.40. The van der Waals surface area contributed by atoms with Gasteiger partial charge < -0.3 is 4.90 Å². The number of hydrogen-bond acceptors (Lipinski definition) is 5. The molecular weight excluding hydrogens is 406 g/mol. The number of nitrogens with one attached hydrogen (secondary N) is 1. The summed E-state index contributed by atoms with van der Waals surface area (Å²) in [6.07, 6.45) is 4.76. The van der Waals surface area contributed by atoms with Crippen molar-refractivity contribution in [1.29, 1.82) is 0 Å². The Hall–Kier alpha value is -3.81. The summed E-state index contributed by atoms with van der Waals surface area (Å²) in [5.41, 5.74) is 1.97. The summed E-state index contributed by atoms with van der Waals surface area (Å²) >= 11 is 0. The van der Waals surface area contributed by atoms with Gasteiger partial charge in [0.2, 0.25) is 17.7 Å².